The van der Waals surface area contributed by atoms with Crippen molar-refractivity contribution in [3.8, 4) is 5.75 Å². The predicted octanol–water partition coefficient (Wildman–Crippen LogP) is 4.84. The maximum absolute atomic E-state index is 12.6. The topological polar surface area (TPSA) is 43.4 Å². The fraction of sp³-hybridized carbons (Fsp3) is 0.278. The third kappa shape index (κ3) is 4.38. The van der Waals surface area contributed by atoms with Gasteiger partial charge in [0.05, 0.1) is 17.9 Å². The Balaban J connectivity index is 2.10. The van der Waals surface area contributed by atoms with E-state index in [0.717, 1.165) is 0 Å². The molecule has 128 valence electrons. The molecule has 0 aromatic heterocycles. The van der Waals surface area contributed by atoms with Crippen molar-refractivity contribution in [2.75, 3.05) is 7.11 Å². The van der Waals surface area contributed by atoms with E-state index in [-0.39, 0.29) is 12.2 Å². The van der Waals surface area contributed by atoms with Gasteiger partial charge in [0, 0.05) is 22.8 Å². The zero-order valence-electron chi connectivity index (χ0n) is 13.4. The van der Waals surface area contributed by atoms with E-state index in [2.05, 4.69) is 0 Å². The van der Waals surface area contributed by atoms with Crippen LogP contribution in [0.4, 0.5) is 0 Å². The third-order valence-electron chi connectivity index (χ3n) is 3.68. The molecule has 0 heterocycles. The smallest absolute Gasteiger partial charge is 0.199 e. The predicted molar refractivity (Wildman–Crippen MR) is 98.4 cm³/mol. The van der Waals surface area contributed by atoms with Crippen LogP contribution in [0.1, 0.15) is 23.7 Å². The molecular weight excluding hydrogens is 367 g/mol. The second-order valence-electron chi connectivity index (χ2n) is 5.40. The SMILES string of the molecule is COc1ccc(C(=O)CC(C)C(Cl)(Cl)S(=O)c2ccccc2)cc1. The molecule has 2 atom stereocenters. The Bertz CT molecular complexity index is 715. The fourth-order valence-electron chi connectivity index (χ4n) is 2.18. The van der Waals surface area contributed by atoms with E-state index in [9.17, 15) is 9.00 Å². The second kappa shape index (κ2) is 8.15. The number of ether oxygens (including phenoxy) is 1. The van der Waals surface area contributed by atoms with Gasteiger partial charge in [-0.15, -0.1) is 0 Å². The highest BCUT2D eigenvalue weighted by Crippen LogP contribution is 2.39. The quantitative estimate of drug-likeness (QED) is 0.506. The van der Waals surface area contributed by atoms with E-state index >= 15 is 0 Å². The van der Waals surface area contributed by atoms with Gasteiger partial charge in [0.1, 0.15) is 5.75 Å². The van der Waals surface area contributed by atoms with Gasteiger partial charge >= 0.3 is 0 Å². The molecule has 6 heteroatoms. The zero-order valence-corrected chi connectivity index (χ0v) is 15.7. The molecule has 0 aliphatic carbocycles. The maximum Gasteiger partial charge on any atom is 0.199 e. The Morgan fingerprint density at radius 2 is 1.71 bits per heavy atom. The van der Waals surface area contributed by atoms with E-state index < -0.39 is 20.4 Å². The van der Waals surface area contributed by atoms with Crippen molar-refractivity contribution in [2.24, 2.45) is 5.92 Å². The first-order valence-corrected chi connectivity index (χ1v) is 9.29. The lowest BCUT2D eigenvalue weighted by Gasteiger charge is -2.25. The number of ketones is 1. The molecule has 2 unspecified atom stereocenters. The summed E-state index contributed by atoms with van der Waals surface area (Å²) >= 11 is 12.7. The van der Waals surface area contributed by atoms with Gasteiger partial charge < -0.3 is 4.74 Å². The standard InChI is InChI=1S/C18H18Cl2O3S/c1-13(12-17(21)14-8-10-15(23-2)11-9-14)18(19,20)24(22)16-6-4-3-5-7-16/h3-11,13H,12H2,1-2H3. The van der Waals surface area contributed by atoms with Gasteiger partial charge in [-0.25, -0.2) is 0 Å². The van der Waals surface area contributed by atoms with Gasteiger partial charge in [0.2, 0.25) is 0 Å². The number of hydrogen-bond acceptors (Lipinski definition) is 3. The molecular formula is C18H18Cl2O3S. The molecule has 0 amide bonds. The Kier molecular flexibility index (Phi) is 6.44. The Hall–Kier alpha value is -1.36. The van der Waals surface area contributed by atoms with Gasteiger partial charge in [0.25, 0.3) is 0 Å². The fourth-order valence-corrected chi connectivity index (χ4v) is 4.03. The van der Waals surface area contributed by atoms with E-state index in [1.54, 1.807) is 62.6 Å². The van der Waals surface area contributed by atoms with Gasteiger partial charge in [-0.05, 0) is 36.4 Å². The molecule has 0 fully saturated rings. The van der Waals surface area contributed by atoms with Crippen LogP contribution in [0.5, 0.6) is 5.75 Å². The number of rotatable bonds is 7. The average molecular weight is 385 g/mol. The molecule has 0 radical (unpaired) electrons. The number of alkyl halides is 2. The number of hydrogen-bond donors (Lipinski definition) is 0. The normalized spacial score (nSPS) is 14.0. The van der Waals surface area contributed by atoms with Crippen LogP contribution in [0.3, 0.4) is 0 Å². The zero-order chi connectivity index (χ0) is 17.7. The lowest BCUT2D eigenvalue weighted by Crippen LogP contribution is -2.30. The summed E-state index contributed by atoms with van der Waals surface area (Å²) in [5, 5.41) is 0. The summed E-state index contributed by atoms with van der Waals surface area (Å²) in [6.07, 6.45) is 0.0951. The minimum absolute atomic E-state index is 0.0951. The molecule has 3 nitrogen and oxygen atoms in total. The van der Waals surface area contributed by atoms with Crippen molar-refractivity contribution in [2.45, 2.75) is 21.9 Å². The van der Waals surface area contributed by atoms with Crippen LogP contribution in [0.25, 0.3) is 0 Å². The van der Waals surface area contributed by atoms with Crippen molar-refractivity contribution in [3.63, 3.8) is 0 Å². The van der Waals surface area contributed by atoms with Crippen LogP contribution in [0.15, 0.2) is 59.5 Å². The maximum atomic E-state index is 12.6. The monoisotopic (exact) mass is 384 g/mol. The summed E-state index contributed by atoms with van der Waals surface area (Å²) in [5.41, 5.74) is 0.539. The first-order chi connectivity index (χ1) is 11.4. The Labute approximate surface area is 154 Å². The first-order valence-electron chi connectivity index (χ1n) is 7.38. The Morgan fingerprint density at radius 3 is 2.25 bits per heavy atom. The highest BCUT2D eigenvalue weighted by molar-refractivity contribution is 7.89. The van der Waals surface area contributed by atoms with Crippen LogP contribution in [0.2, 0.25) is 0 Å². The van der Waals surface area contributed by atoms with Gasteiger partial charge in [-0.1, -0.05) is 48.3 Å². The molecule has 0 saturated carbocycles. The Morgan fingerprint density at radius 1 is 1.12 bits per heavy atom. The summed E-state index contributed by atoms with van der Waals surface area (Å²) in [5.74, 6) is 0.0752. The number of Topliss-reactive ketones (excluding diaryl/α,β-unsaturated/α-hetero) is 1. The number of methoxy groups -OCH3 is 1. The summed E-state index contributed by atoms with van der Waals surface area (Å²) in [6.45, 7) is 1.72. The van der Waals surface area contributed by atoms with Crippen LogP contribution in [-0.2, 0) is 10.8 Å². The summed E-state index contributed by atoms with van der Waals surface area (Å²) in [7, 11) is -0.0805. The van der Waals surface area contributed by atoms with Crippen molar-refractivity contribution in [1.82, 2.24) is 0 Å². The van der Waals surface area contributed by atoms with E-state index in [1.807, 2.05) is 6.07 Å². The molecule has 0 spiro atoms. The lowest BCUT2D eigenvalue weighted by molar-refractivity contribution is 0.0965. The molecule has 0 saturated heterocycles. The number of halogens is 2. The second-order valence-corrected chi connectivity index (χ2v) is 8.89. The number of carbonyl (C=O) groups is 1. The lowest BCUT2D eigenvalue weighted by atomic mass is 10.0. The van der Waals surface area contributed by atoms with E-state index in [1.165, 1.54) is 0 Å². The molecule has 24 heavy (non-hydrogen) atoms. The molecule has 0 N–H and O–H groups in total. The van der Waals surface area contributed by atoms with Gasteiger partial charge in [-0.2, -0.15) is 0 Å². The third-order valence-corrected chi connectivity index (χ3v) is 6.86. The summed E-state index contributed by atoms with van der Waals surface area (Å²) < 4.78 is 16.1. The van der Waals surface area contributed by atoms with E-state index in [0.29, 0.717) is 16.2 Å². The van der Waals surface area contributed by atoms with Crippen molar-refractivity contribution >= 4 is 39.8 Å². The number of benzene rings is 2. The minimum atomic E-state index is -1.64. The molecule has 0 aliphatic heterocycles. The summed E-state index contributed by atoms with van der Waals surface area (Å²) in [4.78, 5) is 12.9. The average Bonchev–Trinajstić information content (AvgIpc) is 2.61. The van der Waals surface area contributed by atoms with Crippen LogP contribution in [0, 0.1) is 5.92 Å². The van der Waals surface area contributed by atoms with Crippen LogP contribution >= 0.6 is 23.2 Å². The summed E-state index contributed by atoms with van der Waals surface area (Å²) in [6, 6.07) is 15.6. The largest absolute Gasteiger partial charge is 0.497 e. The molecule has 2 rings (SSSR count). The van der Waals surface area contributed by atoms with Crippen molar-refractivity contribution in [1.29, 1.82) is 0 Å². The van der Waals surface area contributed by atoms with Gasteiger partial charge in [0.15, 0.2) is 9.45 Å². The van der Waals surface area contributed by atoms with Crippen LogP contribution < -0.4 is 4.74 Å². The van der Waals surface area contributed by atoms with E-state index in [4.69, 9.17) is 27.9 Å². The molecule has 0 aliphatic rings. The molecule has 2 aromatic rings. The minimum Gasteiger partial charge on any atom is -0.497 e. The van der Waals surface area contributed by atoms with Crippen molar-refractivity contribution in [3.05, 3.63) is 60.2 Å². The van der Waals surface area contributed by atoms with Crippen molar-refractivity contribution < 1.29 is 13.7 Å². The highest BCUT2D eigenvalue weighted by atomic mass is 35.5. The number of carbonyl (C=O) groups excluding carboxylic acids is 1. The molecule has 0 bridgehead atoms. The van der Waals surface area contributed by atoms with Crippen LogP contribution in [-0.4, -0.2) is 20.8 Å². The van der Waals surface area contributed by atoms with Gasteiger partial charge in [-0.3, -0.25) is 9.00 Å². The first kappa shape index (κ1) is 19.0. The highest BCUT2D eigenvalue weighted by Gasteiger charge is 2.40. The molecule has 2 aromatic carbocycles.